The molecule has 1 aromatic rings. The minimum Gasteiger partial charge on any atom is -0.390 e. The molecule has 1 aromatic carbocycles. The van der Waals surface area contributed by atoms with Gasteiger partial charge in [-0.1, -0.05) is 38.4 Å². The predicted molar refractivity (Wildman–Crippen MR) is 76.0 cm³/mol. The molecule has 0 bridgehead atoms. The summed E-state index contributed by atoms with van der Waals surface area (Å²) < 4.78 is 18.6. The largest absolute Gasteiger partial charge is 0.390 e. The Morgan fingerprint density at radius 3 is 2.47 bits per heavy atom. The van der Waals surface area contributed by atoms with Gasteiger partial charge in [-0.3, -0.25) is 0 Å². The van der Waals surface area contributed by atoms with Crippen molar-refractivity contribution in [1.82, 2.24) is 0 Å². The van der Waals surface area contributed by atoms with Crippen LogP contribution in [0.4, 0.5) is 4.39 Å². The van der Waals surface area contributed by atoms with Crippen LogP contribution in [0.15, 0.2) is 18.2 Å². The van der Waals surface area contributed by atoms with Gasteiger partial charge in [0.2, 0.25) is 0 Å². The number of aliphatic hydroxyl groups is 1. The summed E-state index contributed by atoms with van der Waals surface area (Å²) in [5, 5.41) is 10.7. The highest BCUT2D eigenvalue weighted by atomic mass is 35.5. The summed E-state index contributed by atoms with van der Waals surface area (Å²) in [6.45, 7) is 8.49. The molecule has 0 saturated carbocycles. The molecule has 0 aliphatic rings. The first kappa shape index (κ1) is 16.4. The maximum absolute atomic E-state index is 13.0. The van der Waals surface area contributed by atoms with Crippen LogP contribution in [0.25, 0.3) is 0 Å². The summed E-state index contributed by atoms with van der Waals surface area (Å²) in [6, 6.07) is 4.21. The van der Waals surface area contributed by atoms with Crippen LogP contribution < -0.4 is 0 Å². The van der Waals surface area contributed by atoms with Crippen LogP contribution in [0.1, 0.15) is 33.3 Å². The van der Waals surface area contributed by atoms with Crippen molar-refractivity contribution in [1.29, 1.82) is 0 Å². The van der Waals surface area contributed by atoms with Crippen molar-refractivity contribution in [3.8, 4) is 0 Å². The highest BCUT2D eigenvalue weighted by molar-refractivity contribution is 6.31. The van der Waals surface area contributed by atoms with E-state index < -0.39 is 6.10 Å². The molecule has 0 amide bonds. The SMILES string of the molecule is CCOC(C(O)Cc1ccc(F)cc1Cl)C(C)(C)C. The minimum atomic E-state index is -0.678. The lowest BCUT2D eigenvalue weighted by Gasteiger charge is -2.34. The molecule has 0 spiro atoms. The number of halogens is 2. The third kappa shape index (κ3) is 4.75. The zero-order valence-corrected chi connectivity index (χ0v) is 12.7. The van der Waals surface area contributed by atoms with Crippen LogP contribution in [-0.4, -0.2) is 23.9 Å². The molecule has 0 saturated heterocycles. The van der Waals surface area contributed by atoms with Crippen molar-refractivity contribution < 1.29 is 14.2 Å². The molecule has 4 heteroatoms. The summed E-state index contributed by atoms with van der Waals surface area (Å²) in [5.41, 5.74) is 0.548. The molecule has 0 aliphatic heterocycles. The van der Waals surface area contributed by atoms with Gasteiger partial charge in [0.15, 0.2) is 0 Å². The Morgan fingerprint density at radius 1 is 1.37 bits per heavy atom. The average Bonchev–Trinajstić information content (AvgIpc) is 2.28. The van der Waals surface area contributed by atoms with Gasteiger partial charge >= 0.3 is 0 Å². The van der Waals surface area contributed by atoms with E-state index in [0.717, 1.165) is 5.56 Å². The third-order valence-corrected chi connectivity index (χ3v) is 3.35. The second-order valence-electron chi connectivity index (χ2n) is 5.75. The normalized spacial score (nSPS) is 15.3. The third-order valence-electron chi connectivity index (χ3n) is 2.99. The lowest BCUT2D eigenvalue weighted by atomic mass is 9.83. The highest BCUT2D eigenvalue weighted by Crippen LogP contribution is 2.28. The van der Waals surface area contributed by atoms with Crippen molar-refractivity contribution in [2.24, 2.45) is 5.41 Å². The van der Waals surface area contributed by atoms with E-state index in [2.05, 4.69) is 0 Å². The van der Waals surface area contributed by atoms with Crippen LogP contribution in [-0.2, 0) is 11.2 Å². The predicted octanol–water partition coefficient (Wildman–Crippen LogP) is 3.83. The molecular formula is C15H22ClFO2. The van der Waals surface area contributed by atoms with Crippen LogP contribution in [0.2, 0.25) is 5.02 Å². The summed E-state index contributed by atoms with van der Waals surface area (Å²) in [6.07, 6.45) is -0.623. The Hall–Kier alpha value is -0.640. The second-order valence-corrected chi connectivity index (χ2v) is 6.16. The lowest BCUT2D eigenvalue weighted by Crippen LogP contribution is -2.41. The van der Waals surface area contributed by atoms with Gasteiger partial charge in [0.05, 0.1) is 12.2 Å². The highest BCUT2D eigenvalue weighted by Gasteiger charge is 2.32. The molecule has 0 fully saturated rings. The van der Waals surface area contributed by atoms with Gasteiger partial charge in [0.1, 0.15) is 5.82 Å². The molecule has 108 valence electrons. The summed E-state index contributed by atoms with van der Waals surface area (Å²) in [5.74, 6) is -0.375. The first-order valence-corrected chi connectivity index (χ1v) is 6.87. The Bertz CT molecular complexity index is 415. The molecule has 2 atom stereocenters. The monoisotopic (exact) mass is 288 g/mol. The molecule has 2 unspecified atom stereocenters. The molecule has 1 rings (SSSR count). The summed E-state index contributed by atoms with van der Waals surface area (Å²) in [7, 11) is 0. The molecule has 0 radical (unpaired) electrons. The molecular weight excluding hydrogens is 267 g/mol. The first-order chi connectivity index (χ1) is 8.75. The Labute approximate surface area is 119 Å². The van der Waals surface area contributed by atoms with Crippen molar-refractivity contribution in [2.45, 2.75) is 46.3 Å². The van der Waals surface area contributed by atoms with Gasteiger partial charge in [-0.05, 0) is 30.0 Å². The van der Waals surface area contributed by atoms with E-state index in [1.165, 1.54) is 12.1 Å². The quantitative estimate of drug-likeness (QED) is 0.892. The Balaban J connectivity index is 2.84. The number of hydrogen-bond acceptors (Lipinski definition) is 2. The van der Waals surface area contributed by atoms with Crippen molar-refractivity contribution in [3.63, 3.8) is 0 Å². The molecule has 2 nitrogen and oxygen atoms in total. The van der Waals surface area contributed by atoms with E-state index in [4.69, 9.17) is 16.3 Å². The number of ether oxygens (including phenoxy) is 1. The van der Waals surface area contributed by atoms with Gasteiger partial charge in [-0.2, -0.15) is 0 Å². The standard InChI is InChI=1S/C15H22ClFO2/c1-5-19-14(15(2,3)4)13(18)8-10-6-7-11(17)9-12(10)16/h6-7,9,13-14,18H,5,8H2,1-4H3. The van der Waals surface area contributed by atoms with E-state index in [9.17, 15) is 9.50 Å². The molecule has 19 heavy (non-hydrogen) atoms. The fourth-order valence-electron chi connectivity index (χ4n) is 2.14. The maximum Gasteiger partial charge on any atom is 0.124 e. The maximum atomic E-state index is 13.0. The molecule has 0 aromatic heterocycles. The smallest absolute Gasteiger partial charge is 0.124 e. The van der Waals surface area contributed by atoms with Crippen molar-refractivity contribution >= 4 is 11.6 Å². The first-order valence-electron chi connectivity index (χ1n) is 6.49. The van der Waals surface area contributed by atoms with Crippen LogP contribution in [0.5, 0.6) is 0 Å². The molecule has 0 heterocycles. The topological polar surface area (TPSA) is 29.5 Å². The van der Waals surface area contributed by atoms with Crippen LogP contribution in [0.3, 0.4) is 0 Å². The van der Waals surface area contributed by atoms with Crippen molar-refractivity contribution in [2.75, 3.05) is 6.61 Å². The van der Waals surface area contributed by atoms with Crippen LogP contribution >= 0.6 is 11.6 Å². The van der Waals surface area contributed by atoms with E-state index in [1.54, 1.807) is 6.07 Å². The van der Waals surface area contributed by atoms with E-state index in [-0.39, 0.29) is 17.3 Å². The van der Waals surface area contributed by atoms with E-state index in [0.29, 0.717) is 18.1 Å². The van der Waals surface area contributed by atoms with Gasteiger partial charge in [-0.15, -0.1) is 0 Å². The summed E-state index contributed by atoms with van der Waals surface area (Å²) >= 11 is 5.98. The summed E-state index contributed by atoms with van der Waals surface area (Å²) in [4.78, 5) is 0. The Morgan fingerprint density at radius 2 is 2.00 bits per heavy atom. The van der Waals surface area contributed by atoms with Gasteiger partial charge in [0, 0.05) is 18.1 Å². The van der Waals surface area contributed by atoms with E-state index in [1.807, 2.05) is 27.7 Å². The minimum absolute atomic E-state index is 0.179. The zero-order valence-electron chi connectivity index (χ0n) is 11.9. The fourth-order valence-corrected chi connectivity index (χ4v) is 2.38. The number of rotatable bonds is 5. The van der Waals surface area contributed by atoms with Crippen LogP contribution in [0, 0.1) is 11.2 Å². The Kier molecular flexibility index (Phi) is 5.78. The average molecular weight is 289 g/mol. The zero-order chi connectivity index (χ0) is 14.6. The second kappa shape index (κ2) is 6.69. The van der Waals surface area contributed by atoms with E-state index >= 15 is 0 Å². The van der Waals surface area contributed by atoms with Gasteiger partial charge in [0.25, 0.3) is 0 Å². The van der Waals surface area contributed by atoms with Crippen molar-refractivity contribution in [3.05, 3.63) is 34.6 Å². The van der Waals surface area contributed by atoms with Gasteiger partial charge in [-0.25, -0.2) is 4.39 Å². The number of benzene rings is 1. The lowest BCUT2D eigenvalue weighted by molar-refractivity contribution is -0.0873. The molecule has 1 N–H and O–H groups in total. The number of hydrogen-bond donors (Lipinski definition) is 1. The number of aliphatic hydroxyl groups excluding tert-OH is 1. The molecule has 0 aliphatic carbocycles. The van der Waals surface area contributed by atoms with Gasteiger partial charge < -0.3 is 9.84 Å². The fraction of sp³-hybridized carbons (Fsp3) is 0.600.